The molecule has 0 saturated carbocycles. The lowest BCUT2D eigenvalue weighted by atomic mass is 9.93. The van der Waals surface area contributed by atoms with Gasteiger partial charge in [0.15, 0.2) is 0 Å². The molecule has 164 valence electrons. The maximum Gasteiger partial charge on any atom is 0.221 e. The zero-order valence-electron chi connectivity index (χ0n) is 16.7. The molecule has 0 aromatic heterocycles. The first kappa shape index (κ1) is 22.8. The summed E-state index contributed by atoms with van der Waals surface area (Å²) in [7, 11) is -3.71. The lowest BCUT2D eigenvalue weighted by Gasteiger charge is -2.32. The van der Waals surface area contributed by atoms with E-state index in [4.69, 9.17) is 5.11 Å². The normalized spacial score (nSPS) is 20.2. The summed E-state index contributed by atoms with van der Waals surface area (Å²) in [6.07, 6.45) is 1.80. The largest absolute Gasteiger partial charge is 0.396 e. The van der Waals surface area contributed by atoms with E-state index in [2.05, 4.69) is 0 Å². The first-order valence-electron chi connectivity index (χ1n) is 10.1. The number of rotatable bonds is 8. The minimum Gasteiger partial charge on any atom is -0.396 e. The average Bonchev–Trinajstić information content (AvgIpc) is 2.73. The van der Waals surface area contributed by atoms with E-state index in [0.29, 0.717) is 31.2 Å². The van der Waals surface area contributed by atoms with Crippen molar-refractivity contribution >= 4 is 10.0 Å². The van der Waals surface area contributed by atoms with Crippen LogP contribution < -0.4 is 0 Å². The highest BCUT2D eigenvalue weighted by atomic mass is 32.2. The van der Waals surface area contributed by atoms with Crippen LogP contribution in [-0.2, 0) is 16.6 Å². The fraction of sp³-hybridized carbons (Fsp3) is 0.455. The van der Waals surface area contributed by atoms with Crippen LogP contribution in [0.3, 0.4) is 0 Å². The Kier molecular flexibility index (Phi) is 7.57. The Hall–Kier alpha value is -1.87. The third-order valence-corrected chi connectivity index (χ3v) is 7.91. The summed E-state index contributed by atoms with van der Waals surface area (Å²) in [5.41, 5.74) is 0.696. The van der Waals surface area contributed by atoms with Gasteiger partial charge in [-0.3, -0.25) is 0 Å². The Morgan fingerprint density at radius 3 is 2.50 bits per heavy atom. The van der Waals surface area contributed by atoms with Gasteiger partial charge in [-0.2, -0.15) is 4.31 Å². The van der Waals surface area contributed by atoms with Gasteiger partial charge >= 0.3 is 0 Å². The third-order valence-electron chi connectivity index (χ3n) is 5.65. The molecule has 1 unspecified atom stereocenters. The highest BCUT2D eigenvalue weighted by Gasteiger charge is 2.37. The Morgan fingerprint density at radius 2 is 1.83 bits per heavy atom. The quantitative estimate of drug-likeness (QED) is 0.660. The van der Waals surface area contributed by atoms with Crippen molar-refractivity contribution in [3.8, 4) is 0 Å². The maximum atomic E-state index is 14.8. The van der Waals surface area contributed by atoms with E-state index >= 15 is 0 Å². The maximum absolute atomic E-state index is 14.8. The van der Waals surface area contributed by atoms with Gasteiger partial charge in [-0.1, -0.05) is 30.3 Å². The minimum absolute atomic E-state index is 0.0348. The van der Waals surface area contributed by atoms with Gasteiger partial charge in [0, 0.05) is 31.2 Å². The molecule has 1 fully saturated rings. The van der Waals surface area contributed by atoms with Crippen molar-refractivity contribution in [2.24, 2.45) is 0 Å². The van der Waals surface area contributed by atoms with Crippen LogP contribution in [0.25, 0.3) is 0 Å². The molecule has 1 aliphatic rings. The number of benzene rings is 2. The van der Waals surface area contributed by atoms with Crippen molar-refractivity contribution in [2.45, 2.75) is 43.4 Å². The molecule has 3 rings (SSSR count). The highest BCUT2D eigenvalue weighted by molar-refractivity contribution is 7.89. The van der Waals surface area contributed by atoms with E-state index in [0.717, 1.165) is 12.1 Å². The van der Waals surface area contributed by atoms with E-state index in [1.165, 1.54) is 4.31 Å². The standard InChI is InChI=1S/C22H27F2NO4S/c23-20-13-19(17(15-27)8-5-11-26)21(24)12-18(20)14-25-10-4-9-22(30(25,28)29)16-6-2-1-3-7-16/h1-3,6-7,12-13,17,22,26-27H,4-5,8-11,14-15H2/t17?,22-/m1/s1. The number of hydrogen-bond acceptors (Lipinski definition) is 4. The van der Waals surface area contributed by atoms with Gasteiger partial charge in [-0.05, 0) is 48.9 Å². The van der Waals surface area contributed by atoms with Crippen LogP contribution in [0.4, 0.5) is 8.78 Å². The van der Waals surface area contributed by atoms with Crippen LogP contribution in [0, 0.1) is 11.6 Å². The Morgan fingerprint density at radius 1 is 1.10 bits per heavy atom. The van der Waals surface area contributed by atoms with Gasteiger partial charge in [0.05, 0.1) is 6.61 Å². The first-order valence-corrected chi connectivity index (χ1v) is 11.6. The summed E-state index contributed by atoms with van der Waals surface area (Å²) in [6, 6.07) is 11.0. The van der Waals surface area contributed by atoms with Gasteiger partial charge in [0.25, 0.3) is 0 Å². The number of sulfonamides is 1. The van der Waals surface area contributed by atoms with E-state index in [1.807, 2.05) is 6.07 Å². The van der Waals surface area contributed by atoms with E-state index in [-0.39, 0.29) is 37.4 Å². The van der Waals surface area contributed by atoms with E-state index in [1.54, 1.807) is 24.3 Å². The molecular formula is C22H27F2NO4S. The minimum atomic E-state index is -3.71. The molecule has 2 aromatic rings. The second kappa shape index (κ2) is 9.96. The van der Waals surface area contributed by atoms with Crippen molar-refractivity contribution in [2.75, 3.05) is 19.8 Å². The smallest absolute Gasteiger partial charge is 0.221 e. The van der Waals surface area contributed by atoms with E-state index in [9.17, 15) is 22.3 Å². The van der Waals surface area contributed by atoms with Crippen molar-refractivity contribution in [1.82, 2.24) is 4.31 Å². The summed E-state index contributed by atoms with van der Waals surface area (Å²) in [4.78, 5) is 0. The predicted octanol–water partition coefficient (Wildman–Crippen LogP) is 3.48. The molecule has 2 aromatic carbocycles. The highest BCUT2D eigenvalue weighted by Crippen LogP contribution is 2.36. The molecule has 0 amide bonds. The summed E-state index contributed by atoms with van der Waals surface area (Å²) in [5, 5.41) is 17.8. The van der Waals surface area contributed by atoms with Gasteiger partial charge in [-0.25, -0.2) is 17.2 Å². The first-order chi connectivity index (χ1) is 14.4. The molecule has 0 spiro atoms. The van der Waals surface area contributed by atoms with Crippen LogP contribution >= 0.6 is 0 Å². The van der Waals surface area contributed by atoms with Crippen LogP contribution in [0.2, 0.25) is 0 Å². The summed E-state index contributed by atoms with van der Waals surface area (Å²) < 4.78 is 56.9. The van der Waals surface area contributed by atoms with Gasteiger partial charge < -0.3 is 10.2 Å². The number of hydrogen-bond donors (Lipinski definition) is 2. The fourth-order valence-corrected chi connectivity index (χ4v) is 6.02. The summed E-state index contributed by atoms with van der Waals surface area (Å²) in [5.74, 6) is -2.01. The molecule has 5 nitrogen and oxygen atoms in total. The zero-order valence-corrected chi connectivity index (χ0v) is 17.5. The Balaban J connectivity index is 1.84. The predicted molar refractivity (Wildman–Crippen MR) is 110 cm³/mol. The molecule has 8 heteroatoms. The molecule has 1 saturated heterocycles. The molecule has 2 atom stereocenters. The monoisotopic (exact) mass is 439 g/mol. The van der Waals surface area contributed by atoms with Gasteiger partial charge in [-0.15, -0.1) is 0 Å². The average molecular weight is 440 g/mol. The van der Waals surface area contributed by atoms with Crippen LogP contribution in [0.5, 0.6) is 0 Å². The topological polar surface area (TPSA) is 77.8 Å². The second-order valence-electron chi connectivity index (χ2n) is 7.63. The Bertz CT molecular complexity index is 953. The number of aliphatic hydroxyl groups is 2. The fourth-order valence-electron chi connectivity index (χ4n) is 3.99. The number of nitrogens with zero attached hydrogens (tertiary/aromatic N) is 1. The zero-order chi connectivity index (χ0) is 21.7. The molecule has 1 aliphatic heterocycles. The van der Waals surface area contributed by atoms with Crippen LogP contribution in [0.1, 0.15) is 53.5 Å². The molecule has 30 heavy (non-hydrogen) atoms. The molecular weight excluding hydrogens is 412 g/mol. The summed E-state index contributed by atoms with van der Waals surface area (Å²) >= 11 is 0. The SMILES string of the molecule is O=S1(=O)[C@@H](c2ccccc2)CCCN1Cc1cc(F)c(C(CO)CCCO)cc1F. The number of halogens is 2. The lowest BCUT2D eigenvalue weighted by molar-refractivity contribution is 0.234. The van der Waals surface area contributed by atoms with Gasteiger partial charge in [0.2, 0.25) is 10.0 Å². The Labute approximate surface area is 176 Å². The molecule has 0 bridgehead atoms. The van der Waals surface area contributed by atoms with Crippen molar-refractivity contribution in [1.29, 1.82) is 0 Å². The van der Waals surface area contributed by atoms with Crippen molar-refractivity contribution < 1.29 is 27.4 Å². The second-order valence-corrected chi connectivity index (χ2v) is 9.75. The number of aliphatic hydroxyl groups excluding tert-OH is 2. The third kappa shape index (κ3) is 4.88. The van der Waals surface area contributed by atoms with Crippen LogP contribution in [-0.4, -0.2) is 42.7 Å². The van der Waals surface area contributed by atoms with Crippen molar-refractivity contribution in [3.63, 3.8) is 0 Å². The molecule has 2 N–H and O–H groups in total. The van der Waals surface area contributed by atoms with Gasteiger partial charge in [0.1, 0.15) is 16.9 Å². The van der Waals surface area contributed by atoms with E-state index < -0.39 is 32.8 Å². The summed E-state index contributed by atoms with van der Waals surface area (Å²) in [6.45, 7) is -0.456. The molecule has 0 radical (unpaired) electrons. The molecule has 1 heterocycles. The van der Waals surface area contributed by atoms with Crippen LogP contribution in [0.15, 0.2) is 42.5 Å². The molecule has 0 aliphatic carbocycles. The lowest BCUT2D eigenvalue weighted by Crippen LogP contribution is -2.39. The van der Waals surface area contributed by atoms with Crippen molar-refractivity contribution in [3.05, 3.63) is 70.8 Å².